The van der Waals surface area contributed by atoms with Crippen molar-refractivity contribution in [3.05, 3.63) is 41.7 Å². The lowest BCUT2D eigenvalue weighted by Crippen LogP contribution is -2.54. The Morgan fingerprint density at radius 1 is 1.20 bits per heavy atom. The summed E-state index contributed by atoms with van der Waals surface area (Å²) in [7, 11) is 0. The van der Waals surface area contributed by atoms with Crippen LogP contribution in [0.5, 0.6) is 0 Å². The molecule has 2 aliphatic heterocycles. The molecule has 2 saturated heterocycles. The lowest BCUT2D eigenvalue weighted by Gasteiger charge is -2.40. The number of amides is 1. The minimum Gasteiger partial charge on any atom is -0.467 e. The van der Waals surface area contributed by atoms with Gasteiger partial charge in [0.1, 0.15) is 23.0 Å². The second kappa shape index (κ2) is 16.7. The van der Waals surface area contributed by atoms with Gasteiger partial charge in [-0.3, -0.25) is 9.69 Å². The maximum atomic E-state index is 14.1. The Morgan fingerprint density at radius 2 is 1.93 bits per heavy atom. The van der Waals surface area contributed by atoms with Crippen molar-refractivity contribution in [2.24, 2.45) is 11.8 Å². The smallest absolute Gasteiger partial charge is 0.259 e. The zero-order valence-corrected chi connectivity index (χ0v) is 26.8. The quantitative estimate of drug-likeness (QED) is 0.418. The standard InChI is InChI=1S/C28H44N6O3.3ClH/c1-20(2)18-34(22-13-21(14-29-15-22)19-33-8-11-36-12-9-33)26(35)24-17-31-27(28(3,4)5)32-25(24)30-16-23-7-6-10-37-23;;;/h6-7,10,17,20-22,29H,8-9,11-16,18-19H2,1-5H3,(H,30,31,32);3*1H/t21-,22-;;;/m0.../s1. The van der Waals surface area contributed by atoms with Crippen LogP contribution in [0.3, 0.4) is 0 Å². The van der Waals surface area contributed by atoms with E-state index in [1.165, 1.54) is 0 Å². The van der Waals surface area contributed by atoms with E-state index in [-0.39, 0.29) is 54.6 Å². The number of anilines is 1. The lowest BCUT2D eigenvalue weighted by molar-refractivity contribution is 0.0235. The molecule has 0 radical (unpaired) electrons. The summed E-state index contributed by atoms with van der Waals surface area (Å²) in [6.45, 7) is 18.1. The molecule has 0 bridgehead atoms. The van der Waals surface area contributed by atoms with Gasteiger partial charge in [0.15, 0.2) is 0 Å². The first-order valence-corrected chi connectivity index (χ1v) is 13.7. The average molecular weight is 622 g/mol. The van der Waals surface area contributed by atoms with Gasteiger partial charge in [0.05, 0.1) is 26.0 Å². The Morgan fingerprint density at radius 3 is 2.55 bits per heavy atom. The molecule has 2 aromatic rings. The van der Waals surface area contributed by atoms with Crippen LogP contribution in [0.15, 0.2) is 29.0 Å². The summed E-state index contributed by atoms with van der Waals surface area (Å²) in [6.07, 6.45) is 4.34. The number of piperidine rings is 1. The highest BCUT2D eigenvalue weighted by atomic mass is 35.5. The molecule has 9 nitrogen and oxygen atoms in total. The summed E-state index contributed by atoms with van der Waals surface area (Å²) in [5.41, 5.74) is 0.274. The average Bonchev–Trinajstić information content (AvgIpc) is 3.39. The number of hydrogen-bond donors (Lipinski definition) is 2. The van der Waals surface area contributed by atoms with E-state index in [4.69, 9.17) is 14.1 Å². The van der Waals surface area contributed by atoms with Crippen molar-refractivity contribution in [1.29, 1.82) is 0 Å². The van der Waals surface area contributed by atoms with Gasteiger partial charge in [0, 0.05) is 50.4 Å². The number of ether oxygens (including phenoxy) is 1. The molecule has 2 N–H and O–H groups in total. The molecule has 2 atom stereocenters. The number of halogens is 3. The van der Waals surface area contributed by atoms with Gasteiger partial charge in [0.25, 0.3) is 5.91 Å². The topological polar surface area (TPSA) is 95.8 Å². The molecule has 12 heteroatoms. The van der Waals surface area contributed by atoms with Crippen LogP contribution in [0.4, 0.5) is 5.82 Å². The van der Waals surface area contributed by atoms with E-state index in [0.29, 0.717) is 42.1 Å². The van der Waals surface area contributed by atoms with Gasteiger partial charge in [-0.1, -0.05) is 34.6 Å². The molecule has 0 unspecified atom stereocenters. The normalized spacial score (nSPS) is 19.6. The molecule has 40 heavy (non-hydrogen) atoms. The van der Waals surface area contributed by atoms with E-state index in [9.17, 15) is 4.79 Å². The van der Waals surface area contributed by atoms with Crippen molar-refractivity contribution in [1.82, 2.24) is 25.1 Å². The molecule has 1 amide bonds. The van der Waals surface area contributed by atoms with E-state index < -0.39 is 0 Å². The highest BCUT2D eigenvalue weighted by Gasteiger charge is 2.33. The zero-order valence-electron chi connectivity index (χ0n) is 24.4. The van der Waals surface area contributed by atoms with Crippen molar-refractivity contribution < 1.29 is 13.9 Å². The monoisotopic (exact) mass is 620 g/mol. The maximum absolute atomic E-state index is 14.1. The second-order valence-corrected chi connectivity index (χ2v) is 11.8. The molecule has 2 aromatic heterocycles. The number of nitrogens with zero attached hydrogens (tertiary/aromatic N) is 4. The van der Waals surface area contributed by atoms with Gasteiger partial charge in [-0.15, -0.1) is 37.2 Å². The van der Waals surface area contributed by atoms with Crippen LogP contribution < -0.4 is 10.6 Å². The van der Waals surface area contributed by atoms with E-state index in [1.807, 2.05) is 12.1 Å². The fourth-order valence-electron chi connectivity index (χ4n) is 5.10. The van der Waals surface area contributed by atoms with Gasteiger partial charge in [-0.2, -0.15) is 0 Å². The Labute approximate surface area is 257 Å². The van der Waals surface area contributed by atoms with Gasteiger partial charge >= 0.3 is 0 Å². The molecular weight excluding hydrogens is 575 g/mol. The van der Waals surface area contributed by atoms with Crippen LogP contribution in [0.1, 0.15) is 63.0 Å². The third-order valence-electron chi connectivity index (χ3n) is 7.00. The Hall–Kier alpha value is -1.62. The van der Waals surface area contributed by atoms with Gasteiger partial charge in [-0.05, 0) is 36.9 Å². The maximum Gasteiger partial charge on any atom is 0.259 e. The minimum absolute atomic E-state index is 0. The van der Waals surface area contributed by atoms with Crippen LogP contribution >= 0.6 is 37.2 Å². The second-order valence-electron chi connectivity index (χ2n) is 11.8. The van der Waals surface area contributed by atoms with Crippen LogP contribution in [0.25, 0.3) is 0 Å². The predicted molar refractivity (Wildman–Crippen MR) is 166 cm³/mol. The van der Waals surface area contributed by atoms with Gasteiger partial charge in [-0.25, -0.2) is 9.97 Å². The number of nitrogens with one attached hydrogen (secondary N) is 2. The minimum atomic E-state index is -0.236. The highest BCUT2D eigenvalue weighted by molar-refractivity contribution is 5.98. The van der Waals surface area contributed by atoms with Crippen molar-refractivity contribution in [2.45, 2.75) is 59.0 Å². The largest absolute Gasteiger partial charge is 0.467 e. The summed E-state index contributed by atoms with van der Waals surface area (Å²) in [4.78, 5) is 28.1. The Balaban J connectivity index is 0.00000267. The molecule has 2 fully saturated rings. The van der Waals surface area contributed by atoms with E-state index >= 15 is 0 Å². The fourth-order valence-corrected chi connectivity index (χ4v) is 5.10. The number of furan rings is 1. The number of morpholine rings is 1. The Bertz CT molecular complexity index is 1010. The number of carbonyl (C=O) groups excluding carboxylic acids is 1. The number of hydrogen-bond acceptors (Lipinski definition) is 8. The molecule has 0 aromatic carbocycles. The molecular formula is C28H47Cl3N6O3. The van der Waals surface area contributed by atoms with Crippen LogP contribution in [0.2, 0.25) is 0 Å². The van der Waals surface area contributed by atoms with Crippen molar-refractivity contribution in [3.63, 3.8) is 0 Å². The zero-order chi connectivity index (χ0) is 26.4. The number of rotatable bonds is 9. The fraction of sp³-hybridized carbons (Fsp3) is 0.679. The molecule has 4 heterocycles. The SMILES string of the molecule is CC(C)CN(C(=O)c1cnc(C(C)(C)C)nc1NCc1ccco1)[C@@H]1CNC[C@@H](CN2CCOCC2)C1.Cl.Cl.Cl. The van der Waals surface area contributed by atoms with Crippen LogP contribution in [-0.2, 0) is 16.7 Å². The van der Waals surface area contributed by atoms with Crippen molar-refractivity contribution >= 4 is 48.9 Å². The van der Waals surface area contributed by atoms with Crippen molar-refractivity contribution in [3.8, 4) is 0 Å². The number of aromatic nitrogens is 2. The van der Waals surface area contributed by atoms with E-state index in [1.54, 1.807) is 12.5 Å². The third-order valence-corrected chi connectivity index (χ3v) is 7.00. The molecule has 0 spiro atoms. The lowest BCUT2D eigenvalue weighted by atomic mass is 9.92. The molecule has 0 saturated carbocycles. The summed E-state index contributed by atoms with van der Waals surface area (Å²) in [5, 5.41) is 6.97. The predicted octanol–water partition coefficient (Wildman–Crippen LogP) is 4.65. The summed E-state index contributed by atoms with van der Waals surface area (Å²) < 4.78 is 11.0. The molecule has 4 rings (SSSR count). The summed E-state index contributed by atoms with van der Waals surface area (Å²) in [5.74, 6) is 2.87. The first kappa shape index (κ1) is 36.4. The van der Waals surface area contributed by atoms with Crippen molar-refractivity contribution in [2.75, 3.05) is 57.8 Å². The summed E-state index contributed by atoms with van der Waals surface area (Å²) >= 11 is 0. The highest BCUT2D eigenvalue weighted by Crippen LogP contribution is 2.26. The molecule has 0 aliphatic carbocycles. The van der Waals surface area contributed by atoms with E-state index in [2.05, 4.69) is 60.0 Å². The summed E-state index contributed by atoms with van der Waals surface area (Å²) in [6, 6.07) is 3.89. The first-order valence-electron chi connectivity index (χ1n) is 13.7. The molecule has 228 valence electrons. The van der Waals surface area contributed by atoms with Crippen LogP contribution in [-0.4, -0.2) is 84.2 Å². The Kier molecular flexibility index (Phi) is 15.2. The number of carbonyl (C=O) groups is 1. The first-order chi connectivity index (χ1) is 17.7. The van der Waals surface area contributed by atoms with E-state index in [0.717, 1.165) is 58.1 Å². The van der Waals surface area contributed by atoms with Gasteiger partial charge < -0.3 is 24.7 Å². The molecule has 2 aliphatic rings. The third kappa shape index (κ3) is 10.0. The van der Waals surface area contributed by atoms with Crippen LogP contribution in [0, 0.1) is 11.8 Å². The van der Waals surface area contributed by atoms with Gasteiger partial charge in [0.2, 0.25) is 0 Å².